The quantitative estimate of drug-likeness (QED) is 0.867. The van der Waals surface area contributed by atoms with Gasteiger partial charge < -0.3 is 10.5 Å². The zero-order chi connectivity index (χ0) is 15.2. The summed E-state index contributed by atoms with van der Waals surface area (Å²) in [4.78, 5) is 4.74. The Balaban J connectivity index is 1.89. The number of hydrogen-bond acceptors (Lipinski definition) is 4. The van der Waals surface area contributed by atoms with Crippen LogP contribution in [0.4, 0.5) is 4.39 Å². The molecule has 1 atom stereocenters. The van der Waals surface area contributed by atoms with Crippen LogP contribution in [0.15, 0.2) is 18.2 Å². The second kappa shape index (κ2) is 7.73. The summed E-state index contributed by atoms with van der Waals surface area (Å²) in [5, 5.41) is 0. The van der Waals surface area contributed by atoms with Crippen molar-refractivity contribution in [2.75, 3.05) is 39.8 Å². The third-order valence-electron chi connectivity index (χ3n) is 4.32. The lowest BCUT2D eigenvalue weighted by Gasteiger charge is -2.38. The number of benzene rings is 1. The van der Waals surface area contributed by atoms with Crippen molar-refractivity contribution in [1.82, 2.24) is 9.80 Å². The summed E-state index contributed by atoms with van der Waals surface area (Å²) in [6.45, 7) is 7.48. The summed E-state index contributed by atoms with van der Waals surface area (Å²) in [6.07, 6.45) is 1.09. The van der Waals surface area contributed by atoms with Crippen molar-refractivity contribution in [1.29, 1.82) is 0 Å². The van der Waals surface area contributed by atoms with Crippen LogP contribution in [-0.4, -0.2) is 55.7 Å². The number of ether oxygens (including phenoxy) is 1. The van der Waals surface area contributed by atoms with Crippen molar-refractivity contribution in [3.8, 4) is 5.75 Å². The highest BCUT2D eigenvalue weighted by atomic mass is 19.1. The predicted octanol–water partition coefficient (Wildman–Crippen LogP) is 1.69. The van der Waals surface area contributed by atoms with Crippen molar-refractivity contribution in [3.05, 3.63) is 29.6 Å². The Morgan fingerprint density at radius 3 is 2.52 bits per heavy atom. The third kappa shape index (κ3) is 4.15. The van der Waals surface area contributed by atoms with E-state index in [1.807, 2.05) is 12.1 Å². The molecule has 21 heavy (non-hydrogen) atoms. The van der Waals surface area contributed by atoms with E-state index in [9.17, 15) is 4.39 Å². The Labute approximate surface area is 126 Å². The Bertz CT molecular complexity index is 443. The van der Waals surface area contributed by atoms with Crippen LogP contribution in [0, 0.1) is 5.82 Å². The van der Waals surface area contributed by atoms with E-state index in [2.05, 4.69) is 16.7 Å². The second-order valence-corrected chi connectivity index (χ2v) is 5.57. The average molecular weight is 295 g/mol. The van der Waals surface area contributed by atoms with E-state index in [4.69, 9.17) is 10.5 Å². The minimum atomic E-state index is -0.190. The number of halogens is 1. The molecule has 1 aliphatic rings. The van der Waals surface area contributed by atoms with Crippen molar-refractivity contribution >= 4 is 0 Å². The van der Waals surface area contributed by atoms with Crippen LogP contribution in [-0.2, 0) is 6.54 Å². The predicted molar refractivity (Wildman–Crippen MR) is 82.9 cm³/mol. The molecule has 1 aliphatic heterocycles. The fraction of sp³-hybridized carbons (Fsp3) is 0.625. The lowest BCUT2D eigenvalue weighted by Crippen LogP contribution is -2.51. The fourth-order valence-corrected chi connectivity index (χ4v) is 2.88. The standard InChI is InChI=1S/C16H26FN3O/c1-3-14(11-18)20-8-6-19(7-9-20)12-13-4-5-15(21-2)10-16(13)17/h4-5,10,14H,3,6-9,11-12,18H2,1-2H3. The van der Waals surface area contributed by atoms with Gasteiger partial charge in [-0.2, -0.15) is 0 Å². The number of nitrogens with two attached hydrogens (primary N) is 1. The Morgan fingerprint density at radius 2 is 2.00 bits per heavy atom. The van der Waals surface area contributed by atoms with Crippen LogP contribution in [0.2, 0.25) is 0 Å². The molecule has 1 heterocycles. The van der Waals surface area contributed by atoms with Gasteiger partial charge >= 0.3 is 0 Å². The molecule has 0 aromatic heterocycles. The number of nitrogens with zero attached hydrogens (tertiary/aromatic N) is 2. The summed E-state index contributed by atoms with van der Waals surface area (Å²) in [6, 6.07) is 5.56. The van der Waals surface area contributed by atoms with Crippen LogP contribution in [0.3, 0.4) is 0 Å². The zero-order valence-corrected chi connectivity index (χ0v) is 13.0. The first kappa shape index (κ1) is 16.2. The van der Waals surface area contributed by atoms with E-state index in [1.54, 1.807) is 7.11 Å². The first-order valence-corrected chi connectivity index (χ1v) is 7.66. The molecule has 0 aliphatic carbocycles. The Kier molecular flexibility index (Phi) is 5.96. The van der Waals surface area contributed by atoms with E-state index >= 15 is 0 Å². The van der Waals surface area contributed by atoms with Gasteiger partial charge in [0.15, 0.2) is 0 Å². The molecule has 1 aromatic carbocycles. The topological polar surface area (TPSA) is 41.7 Å². The Hall–Kier alpha value is -1.17. The zero-order valence-electron chi connectivity index (χ0n) is 13.0. The van der Waals surface area contributed by atoms with Crippen molar-refractivity contribution < 1.29 is 9.13 Å². The summed E-state index contributed by atoms with van der Waals surface area (Å²) in [5.74, 6) is 0.375. The van der Waals surface area contributed by atoms with Gasteiger partial charge in [0.05, 0.1) is 7.11 Å². The minimum absolute atomic E-state index is 0.190. The van der Waals surface area contributed by atoms with Gasteiger partial charge in [0, 0.05) is 56.9 Å². The molecule has 2 N–H and O–H groups in total. The molecule has 5 heteroatoms. The van der Waals surface area contributed by atoms with Crippen molar-refractivity contribution in [2.45, 2.75) is 25.9 Å². The van der Waals surface area contributed by atoms with Gasteiger partial charge in [0.25, 0.3) is 0 Å². The maximum atomic E-state index is 14.0. The highest BCUT2D eigenvalue weighted by Crippen LogP contribution is 2.19. The van der Waals surface area contributed by atoms with E-state index in [0.29, 0.717) is 24.9 Å². The maximum Gasteiger partial charge on any atom is 0.131 e. The van der Waals surface area contributed by atoms with Gasteiger partial charge in [0.1, 0.15) is 11.6 Å². The smallest absolute Gasteiger partial charge is 0.131 e. The maximum absolute atomic E-state index is 14.0. The molecule has 1 fully saturated rings. The lowest BCUT2D eigenvalue weighted by molar-refractivity contribution is 0.0920. The van der Waals surface area contributed by atoms with E-state index < -0.39 is 0 Å². The molecule has 0 spiro atoms. The van der Waals surface area contributed by atoms with Crippen LogP contribution in [0.25, 0.3) is 0 Å². The molecule has 4 nitrogen and oxygen atoms in total. The fourth-order valence-electron chi connectivity index (χ4n) is 2.88. The first-order chi connectivity index (χ1) is 10.2. The molecule has 0 amide bonds. The van der Waals surface area contributed by atoms with Crippen LogP contribution < -0.4 is 10.5 Å². The molecule has 1 saturated heterocycles. The second-order valence-electron chi connectivity index (χ2n) is 5.57. The average Bonchev–Trinajstić information content (AvgIpc) is 2.52. The largest absolute Gasteiger partial charge is 0.497 e. The van der Waals surface area contributed by atoms with Gasteiger partial charge in [0.2, 0.25) is 0 Å². The lowest BCUT2D eigenvalue weighted by atomic mass is 10.1. The van der Waals surface area contributed by atoms with Crippen molar-refractivity contribution in [3.63, 3.8) is 0 Å². The first-order valence-electron chi connectivity index (χ1n) is 7.66. The van der Waals surface area contributed by atoms with Crippen LogP contribution in [0.1, 0.15) is 18.9 Å². The number of piperazine rings is 1. The molecule has 0 bridgehead atoms. The molecule has 1 aromatic rings. The van der Waals surface area contributed by atoms with Crippen LogP contribution >= 0.6 is 0 Å². The van der Waals surface area contributed by atoms with E-state index in [0.717, 1.165) is 38.2 Å². The van der Waals surface area contributed by atoms with Gasteiger partial charge in [-0.05, 0) is 12.5 Å². The normalized spacial score (nSPS) is 18.7. The molecule has 0 radical (unpaired) electrons. The summed E-state index contributed by atoms with van der Waals surface area (Å²) < 4.78 is 19.0. The highest BCUT2D eigenvalue weighted by molar-refractivity contribution is 5.28. The molecule has 118 valence electrons. The van der Waals surface area contributed by atoms with Gasteiger partial charge in [-0.1, -0.05) is 13.0 Å². The molecule has 2 rings (SSSR count). The highest BCUT2D eigenvalue weighted by Gasteiger charge is 2.22. The number of hydrogen-bond donors (Lipinski definition) is 1. The molecule has 0 saturated carbocycles. The third-order valence-corrected chi connectivity index (χ3v) is 4.32. The van der Waals surface area contributed by atoms with Gasteiger partial charge in [-0.15, -0.1) is 0 Å². The number of methoxy groups -OCH3 is 1. The summed E-state index contributed by atoms with van der Waals surface area (Å²) in [7, 11) is 1.55. The van der Waals surface area contributed by atoms with Gasteiger partial charge in [-0.25, -0.2) is 4.39 Å². The summed E-state index contributed by atoms with van der Waals surface area (Å²) in [5.41, 5.74) is 6.53. The molecular formula is C16H26FN3O. The SMILES string of the molecule is CCC(CN)N1CCN(Cc2ccc(OC)cc2F)CC1. The van der Waals surface area contributed by atoms with Gasteiger partial charge in [-0.3, -0.25) is 9.80 Å². The number of rotatable bonds is 6. The monoisotopic (exact) mass is 295 g/mol. The van der Waals surface area contributed by atoms with Crippen LogP contribution in [0.5, 0.6) is 5.75 Å². The minimum Gasteiger partial charge on any atom is -0.497 e. The Morgan fingerprint density at radius 1 is 1.29 bits per heavy atom. The van der Waals surface area contributed by atoms with E-state index in [-0.39, 0.29) is 5.82 Å². The molecular weight excluding hydrogens is 269 g/mol. The molecule has 1 unspecified atom stereocenters. The summed E-state index contributed by atoms with van der Waals surface area (Å²) >= 11 is 0. The van der Waals surface area contributed by atoms with Crippen molar-refractivity contribution in [2.24, 2.45) is 5.73 Å². The van der Waals surface area contributed by atoms with E-state index in [1.165, 1.54) is 6.07 Å².